The van der Waals surface area contributed by atoms with Gasteiger partial charge in [-0.05, 0) is 15.9 Å². The highest BCUT2D eigenvalue weighted by atomic mass is 79.9. The molecule has 1 heterocycles. The molecule has 0 saturated heterocycles. The Hall–Kier alpha value is -0.750. The Labute approximate surface area is 82.3 Å². The number of alkyl halides is 2. The van der Waals surface area contributed by atoms with E-state index in [9.17, 15) is 8.78 Å². The minimum atomic E-state index is -2.62. The minimum Gasteiger partial charge on any atom is -0.397 e. The smallest absolute Gasteiger partial charge is 0.267 e. The predicted molar refractivity (Wildman–Crippen MR) is 49.2 cm³/mol. The summed E-state index contributed by atoms with van der Waals surface area (Å²) in [5, 5.41) is 0. The molecule has 1 aromatic rings. The van der Waals surface area contributed by atoms with Gasteiger partial charge >= 0.3 is 0 Å². The fraction of sp³-hybridized carbons (Fsp3) is 0.286. The summed E-state index contributed by atoms with van der Waals surface area (Å²) in [4.78, 5) is 3.75. The SMILES string of the molecule is NCc1ncc(C(F)F)c(N)c1Br. The van der Waals surface area contributed by atoms with E-state index in [0.717, 1.165) is 6.20 Å². The number of nitrogens with zero attached hydrogens (tertiary/aromatic N) is 1. The molecule has 1 rings (SSSR count). The lowest BCUT2D eigenvalue weighted by Crippen LogP contribution is -2.05. The molecule has 4 N–H and O–H groups in total. The van der Waals surface area contributed by atoms with Crippen molar-refractivity contribution in [3.05, 3.63) is 21.9 Å². The van der Waals surface area contributed by atoms with Crippen LogP contribution in [0.4, 0.5) is 14.5 Å². The van der Waals surface area contributed by atoms with Gasteiger partial charge in [0.25, 0.3) is 6.43 Å². The number of aromatic nitrogens is 1. The topological polar surface area (TPSA) is 64.9 Å². The molecule has 0 saturated carbocycles. The summed E-state index contributed by atoms with van der Waals surface area (Å²) < 4.78 is 24.9. The molecule has 13 heavy (non-hydrogen) atoms. The fourth-order valence-electron chi connectivity index (χ4n) is 0.872. The van der Waals surface area contributed by atoms with Gasteiger partial charge in [0.1, 0.15) is 0 Å². The molecule has 0 fully saturated rings. The molecular formula is C7H8BrF2N3. The van der Waals surface area contributed by atoms with Crippen molar-refractivity contribution in [2.24, 2.45) is 5.73 Å². The summed E-state index contributed by atoms with van der Waals surface area (Å²) in [7, 11) is 0. The zero-order valence-corrected chi connectivity index (χ0v) is 8.18. The Morgan fingerprint density at radius 1 is 1.54 bits per heavy atom. The van der Waals surface area contributed by atoms with Gasteiger partial charge in [0, 0.05) is 12.7 Å². The molecule has 0 unspecified atom stereocenters. The summed E-state index contributed by atoms with van der Waals surface area (Å²) >= 11 is 3.06. The number of halogens is 3. The largest absolute Gasteiger partial charge is 0.397 e. The first-order valence-corrected chi connectivity index (χ1v) is 4.28. The lowest BCUT2D eigenvalue weighted by Gasteiger charge is -2.08. The van der Waals surface area contributed by atoms with Gasteiger partial charge in [0.2, 0.25) is 0 Å². The van der Waals surface area contributed by atoms with Crippen molar-refractivity contribution in [3.63, 3.8) is 0 Å². The lowest BCUT2D eigenvalue weighted by molar-refractivity contribution is 0.151. The zero-order chi connectivity index (χ0) is 10.0. The summed E-state index contributed by atoms with van der Waals surface area (Å²) in [6.07, 6.45) is -1.57. The second-order valence-electron chi connectivity index (χ2n) is 2.39. The Balaban J connectivity index is 3.23. The number of hydrogen-bond donors (Lipinski definition) is 2. The van der Waals surface area contributed by atoms with Crippen LogP contribution in [0.15, 0.2) is 10.7 Å². The van der Waals surface area contributed by atoms with E-state index in [2.05, 4.69) is 20.9 Å². The molecule has 0 aliphatic carbocycles. The maximum absolute atomic E-state index is 12.3. The second kappa shape index (κ2) is 3.97. The van der Waals surface area contributed by atoms with Crippen LogP contribution in [0.25, 0.3) is 0 Å². The van der Waals surface area contributed by atoms with Crippen molar-refractivity contribution in [2.75, 3.05) is 5.73 Å². The molecule has 3 nitrogen and oxygen atoms in total. The first-order chi connectivity index (χ1) is 6.07. The average Bonchev–Trinajstić information content (AvgIpc) is 2.09. The third-order valence-electron chi connectivity index (χ3n) is 1.59. The highest BCUT2D eigenvalue weighted by molar-refractivity contribution is 9.10. The number of nitrogen functional groups attached to an aromatic ring is 1. The van der Waals surface area contributed by atoms with Crippen LogP contribution in [0.3, 0.4) is 0 Å². The summed E-state index contributed by atoms with van der Waals surface area (Å²) in [5.41, 5.74) is 11.0. The van der Waals surface area contributed by atoms with E-state index in [1.54, 1.807) is 0 Å². The standard InChI is InChI=1S/C7H8BrF2N3/c8-5-4(1-11)13-2-3(6(5)12)7(9)10/h2,7H,1,11H2,(H2,12,13). The van der Waals surface area contributed by atoms with Gasteiger partial charge in [-0.25, -0.2) is 8.78 Å². The third kappa shape index (κ3) is 1.94. The van der Waals surface area contributed by atoms with Gasteiger partial charge in [0.15, 0.2) is 0 Å². The van der Waals surface area contributed by atoms with E-state index in [4.69, 9.17) is 11.5 Å². The normalized spacial score (nSPS) is 10.8. The number of hydrogen-bond acceptors (Lipinski definition) is 3. The van der Waals surface area contributed by atoms with Crippen molar-refractivity contribution in [1.82, 2.24) is 4.98 Å². The second-order valence-corrected chi connectivity index (χ2v) is 3.19. The Morgan fingerprint density at radius 3 is 2.62 bits per heavy atom. The molecular weight excluding hydrogens is 244 g/mol. The van der Waals surface area contributed by atoms with Crippen molar-refractivity contribution in [3.8, 4) is 0 Å². The van der Waals surface area contributed by atoms with Crippen LogP contribution in [-0.4, -0.2) is 4.98 Å². The monoisotopic (exact) mass is 251 g/mol. The van der Waals surface area contributed by atoms with E-state index >= 15 is 0 Å². The summed E-state index contributed by atoms with van der Waals surface area (Å²) in [6, 6.07) is 0. The quantitative estimate of drug-likeness (QED) is 0.843. The van der Waals surface area contributed by atoms with Crippen LogP contribution in [0.2, 0.25) is 0 Å². The van der Waals surface area contributed by atoms with Crippen LogP contribution in [0, 0.1) is 0 Å². The van der Waals surface area contributed by atoms with Gasteiger partial charge in [-0.2, -0.15) is 0 Å². The first-order valence-electron chi connectivity index (χ1n) is 3.49. The molecule has 0 aliphatic heterocycles. The predicted octanol–water partition coefficient (Wildman–Crippen LogP) is 1.82. The minimum absolute atomic E-state index is 0.00505. The van der Waals surface area contributed by atoms with E-state index in [1.165, 1.54) is 0 Å². The van der Waals surface area contributed by atoms with Gasteiger partial charge in [0.05, 0.1) is 21.4 Å². The molecule has 6 heteroatoms. The Bertz CT molecular complexity index is 317. The van der Waals surface area contributed by atoms with Crippen LogP contribution in [0.5, 0.6) is 0 Å². The maximum atomic E-state index is 12.3. The zero-order valence-electron chi connectivity index (χ0n) is 6.60. The molecule has 0 aliphatic rings. The van der Waals surface area contributed by atoms with E-state index in [1.807, 2.05) is 0 Å². The lowest BCUT2D eigenvalue weighted by atomic mass is 10.2. The third-order valence-corrected chi connectivity index (χ3v) is 2.47. The number of nitrogens with two attached hydrogens (primary N) is 2. The molecule has 0 bridgehead atoms. The maximum Gasteiger partial charge on any atom is 0.267 e. The van der Waals surface area contributed by atoms with Gasteiger partial charge in [-0.1, -0.05) is 0 Å². The number of rotatable bonds is 2. The van der Waals surface area contributed by atoms with Crippen LogP contribution in [-0.2, 0) is 6.54 Å². The Kier molecular flexibility index (Phi) is 3.16. The molecule has 72 valence electrons. The Morgan fingerprint density at radius 2 is 2.15 bits per heavy atom. The first kappa shape index (κ1) is 10.3. The highest BCUT2D eigenvalue weighted by Gasteiger charge is 2.15. The molecule has 0 atom stereocenters. The molecule has 1 aromatic heterocycles. The number of anilines is 1. The van der Waals surface area contributed by atoms with Crippen molar-refractivity contribution < 1.29 is 8.78 Å². The fourth-order valence-corrected chi connectivity index (χ4v) is 1.37. The van der Waals surface area contributed by atoms with Crippen molar-refractivity contribution in [2.45, 2.75) is 13.0 Å². The van der Waals surface area contributed by atoms with Gasteiger partial charge < -0.3 is 11.5 Å². The molecule has 0 aromatic carbocycles. The highest BCUT2D eigenvalue weighted by Crippen LogP contribution is 2.31. The van der Waals surface area contributed by atoms with E-state index in [0.29, 0.717) is 10.2 Å². The van der Waals surface area contributed by atoms with Crippen LogP contribution in [0.1, 0.15) is 17.7 Å². The van der Waals surface area contributed by atoms with Gasteiger partial charge in [-0.3, -0.25) is 4.98 Å². The van der Waals surface area contributed by atoms with E-state index < -0.39 is 6.43 Å². The molecule has 0 spiro atoms. The van der Waals surface area contributed by atoms with Crippen molar-refractivity contribution in [1.29, 1.82) is 0 Å². The molecule has 0 amide bonds. The summed E-state index contributed by atoms with van der Waals surface area (Å²) in [6.45, 7) is 0.161. The van der Waals surface area contributed by atoms with Gasteiger partial charge in [-0.15, -0.1) is 0 Å². The van der Waals surface area contributed by atoms with Crippen molar-refractivity contribution >= 4 is 21.6 Å². The number of pyridine rings is 1. The average molecular weight is 252 g/mol. The van der Waals surface area contributed by atoms with E-state index in [-0.39, 0.29) is 17.8 Å². The van der Waals surface area contributed by atoms with Crippen LogP contribution >= 0.6 is 15.9 Å². The van der Waals surface area contributed by atoms with Crippen LogP contribution < -0.4 is 11.5 Å². The summed E-state index contributed by atoms with van der Waals surface area (Å²) in [5.74, 6) is 0. The molecule has 0 radical (unpaired) electrons.